The first-order valence-electron chi connectivity index (χ1n) is 24.0. The van der Waals surface area contributed by atoms with Gasteiger partial charge in [-0.25, -0.2) is 0 Å². The number of hydrogen-bond donors (Lipinski definition) is 5. The molecule has 0 bridgehead atoms. The summed E-state index contributed by atoms with van der Waals surface area (Å²) in [5, 5.41) is 43.8. The summed E-state index contributed by atoms with van der Waals surface area (Å²) >= 11 is 0. The molecule has 0 saturated carbocycles. The highest BCUT2D eigenvalue weighted by atomic mass is 16.7. The van der Waals surface area contributed by atoms with Crippen molar-refractivity contribution < 1.29 is 34.7 Å². The van der Waals surface area contributed by atoms with Crippen LogP contribution in [0.5, 0.6) is 0 Å². The normalized spacial score (nSPS) is 20.0. The van der Waals surface area contributed by atoms with Gasteiger partial charge in [0.05, 0.1) is 31.5 Å². The van der Waals surface area contributed by atoms with E-state index in [2.05, 4.69) is 31.3 Å². The van der Waals surface area contributed by atoms with Crippen molar-refractivity contribution >= 4 is 5.91 Å². The molecule has 1 fully saturated rings. The lowest BCUT2D eigenvalue weighted by Crippen LogP contribution is -2.52. The Kier molecular flexibility index (Phi) is 36.9. The molecule has 1 rings (SSSR count). The second-order valence-corrected chi connectivity index (χ2v) is 16.8. The Morgan fingerprint density at radius 2 is 1.05 bits per heavy atom. The molecule has 1 saturated heterocycles. The summed E-state index contributed by atoms with van der Waals surface area (Å²) in [6.07, 6.45) is 43.1. The molecule has 0 aromatic heterocycles. The average Bonchev–Trinajstić information content (AvgIpc) is 3.19. The number of carbonyl (C=O) groups is 1. The predicted molar refractivity (Wildman–Crippen MR) is 234 cm³/mol. The van der Waals surface area contributed by atoms with Crippen LogP contribution in [-0.4, -0.2) is 76.3 Å². The summed E-state index contributed by atoms with van der Waals surface area (Å²) in [6.45, 7) is 4.07. The summed E-state index contributed by atoms with van der Waals surface area (Å²) in [7, 11) is 0. The monoisotopic (exact) mass is 794 g/mol. The van der Waals surface area contributed by atoms with E-state index in [1.165, 1.54) is 167 Å². The van der Waals surface area contributed by atoms with E-state index in [1.807, 2.05) is 6.08 Å². The summed E-state index contributed by atoms with van der Waals surface area (Å²) in [5.41, 5.74) is 0. The number of nitrogens with one attached hydrogen (secondary N) is 1. The first-order chi connectivity index (χ1) is 27.4. The lowest BCUT2D eigenvalue weighted by Gasteiger charge is -2.36. The Morgan fingerprint density at radius 3 is 1.50 bits per heavy atom. The third kappa shape index (κ3) is 30.7. The highest BCUT2D eigenvalue weighted by Crippen LogP contribution is 2.22. The van der Waals surface area contributed by atoms with Crippen molar-refractivity contribution in [2.75, 3.05) is 13.2 Å². The fraction of sp³-hybridized carbons (Fsp3) is 0.896. The standard InChI is InChI=1S/C48H91NO7/c1-3-5-7-9-11-13-15-17-18-19-20-21-22-23-24-26-28-30-32-34-36-38-46(53)49-42(41-55-47-39-44(52)48(54)45(40-50)56-47)43(51)37-35-33-31-29-27-25-16-14-12-10-8-6-4-2/h17-18,35,37,42-45,47-48,50-52,54H,3-16,19-34,36,38-41H2,1-2H3,(H,49,53)/b18-17+,37-35+/t42-,43+,44?,45?,47?,48?/m0/s1. The van der Waals surface area contributed by atoms with Gasteiger partial charge in [-0.3, -0.25) is 4.79 Å². The zero-order valence-corrected chi connectivity index (χ0v) is 36.5. The topological polar surface area (TPSA) is 128 Å². The summed E-state index contributed by atoms with van der Waals surface area (Å²) in [5.74, 6) is -0.113. The van der Waals surface area contributed by atoms with Gasteiger partial charge >= 0.3 is 0 Å². The molecule has 0 aliphatic carbocycles. The molecular weight excluding hydrogens is 703 g/mol. The van der Waals surface area contributed by atoms with Crippen molar-refractivity contribution in [3.8, 4) is 0 Å². The van der Waals surface area contributed by atoms with Crippen LogP contribution in [0.4, 0.5) is 0 Å². The van der Waals surface area contributed by atoms with E-state index in [0.717, 1.165) is 32.1 Å². The molecule has 1 amide bonds. The fourth-order valence-corrected chi connectivity index (χ4v) is 7.60. The van der Waals surface area contributed by atoms with Crippen molar-refractivity contribution in [3.63, 3.8) is 0 Å². The summed E-state index contributed by atoms with van der Waals surface area (Å²) in [6, 6.07) is -0.678. The average molecular weight is 794 g/mol. The minimum atomic E-state index is -1.19. The van der Waals surface area contributed by atoms with Crippen LogP contribution in [0, 0.1) is 0 Å². The quantitative estimate of drug-likeness (QED) is 0.0309. The van der Waals surface area contributed by atoms with E-state index in [9.17, 15) is 25.2 Å². The van der Waals surface area contributed by atoms with Crippen molar-refractivity contribution in [1.82, 2.24) is 5.32 Å². The van der Waals surface area contributed by atoms with Crippen molar-refractivity contribution in [2.24, 2.45) is 0 Å². The molecule has 8 heteroatoms. The maximum Gasteiger partial charge on any atom is 0.220 e. The van der Waals surface area contributed by atoms with Crippen molar-refractivity contribution in [3.05, 3.63) is 24.3 Å². The smallest absolute Gasteiger partial charge is 0.220 e. The summed E-state index contributed by atoms with van der Waals surface area (Å²) < 4.78 is 11.5. The van der Waals surface area contributed by atoms with Crippen LogP contribution in [0.1, 0.15) is 226 Å². The molecule has 5 N–H and O–H groups in total. The lowest BCUT2D eigenvalue weighted by molar-refractivity contribution is -0.259. The van der Waals surface area contributed by atoms with Crippen molar-refractivity contribution in [1.29, 1.82) is 0 Å². The molecule has 0 aromatic carbocycles. The van der Waals surface area contributed by atoms with Crippen LogP contribution in [-0.2, 0) is 14.3 Å². The number of carbonyl (C=O) groups excluding carboxylic acids is 1. The number of aliphatic hydroxyl groups is 4. The highest BCUT2D eigenvalue weighted by Gasteiger charge is 2.37. The van der Waals surface area contributed by atoms with Crippen LogP contribution in [0.2, 0.25) is 0 Å². The molecule has 330 valence electrons. The van der Waals surface area contributed by atoms with Gasteiger partial charge in [0.2, 0.25) is 5.91 Å². The number of aliphatic hydroxyl groups excluding tert-OH is 4. The number of unbranched alkanes of at least 4 members (excludes halogenated alkanes) is 28. The number of allylic oxidation sites excluding steroid dienone is 3. The molecule has 4 unspecified atom stereocenters. The van der Waals surface area contributed by atoms with Crippen molar-refractivity contribution in [2.45, 2.75) is 262 Å². The zero-order chi connectivity index (χ0) is 40.7. The summed E-state index contributed by atoms with van der Waals surface area (Å²) in [4.78, 5) is 12.9. The van der Waals surface area contributed by atoms with E-state index in [0.29, 0.717) is 6.42 Å². The van der Waals surface area contributed by atoms with E-state index in [1.54, 1.807) is 6.08 Å². The molecule has 0 radical (unpaired) electrons. The number of amides is 1. The minimum absolute atomic E-state index is 0.0162. The Morgan fingerprint density at radius 1 is 0.643 bits per heavy atom. The van der Waals surface area contributed by atoms with Gasteiger partial charge in [0.1, 0.15) is 12.2 Å². The third-order valence-electron chi connectivity index (χ3n) is 11.4. The van der Waals surface area contributed by atoms with E-state index in [-0.39, 0.29) is 18.9 Å². The van der Waals surface area contributed by atoms with E-state index in [4.69, 9.17) is 9.47 Å². The molecule has 1 heterocycles. The third-order valence-corrected chi connectivity index (χ3v) is 11.4. The van der Waals surface area contributed by atoms with E-state index < -0.39 is 43.4 Å². The predicted octanol–water partition coefficient (Wildman–Crippen LogP) is 11.3. The van der Waals surface area contributed by atoms with Gasteiger partial charge in [0, 0.05) is 12.8 Å². The molecule has 8 nitrogen and oxygen atoms in total. The van der Waals surface area contributed by atoms with Crippen LogP contribution < -0.4 is 5.32 Å². The molecular formula is C48H91NO7. The fourth-order valence-electron chi connectivity index (χ4n) is 7.60. The van der Waals surface area contributed by atoms with Gasteiger partial charge in [0.15, 0.2) is 6.29 Å². The molecule has 0 spiro atoms. The SMILES string of the molecule is CCCCCCCC/C=C/CCCCCCCCCCCCCC(=O)N[C@@H](COC1CC(O)C(O)C(CO)O1)[C@H](O)/C=C/CCCCCCCCCCCCC. The number of hydrogen-bond acceptors (Lipinski definition) is 7. The Balaban J connectivity index is 2.25. The van der Waals surface area contributed by atoms with Gasteiger partial charge < -0.3 is 35.2 Å². The Bertz CT molecular complexity index is 914. The Hall–Kier alpha value is -1.29. The molecule has 6 atom stereocenters. The van der Waals surface area contributed by atoms with Crippen LogP contribution >= 0.6 is 0 Å². The number of rotatable bonds is 40. The highest BCUT2D eigenvalue weighted by molar-refractivity contribution is 5.76. The second kappa shape index (κ2) is 39.2. The minimum Gasteiger partial charge on any atom is -0.394 e. The largest absolute Gasteiger partial charge is 0.394 e. The second-order valence-electron chi connectivity index (χ2n) is 16.8. The Labute approximate surface area is 345 Å². The van der Waals surface area contributed by atoms with Gasteiger partial charge in [-0.15, -0.1) is 0 Å². The molecule has 0 aromatic rings. The molecule has 56 heavy (non-hydrogen) atoms. The van der Waals surface area contributed by atoms with Crippen LogP contribution in [0.25, 0.3) is 0 Å². The van der Waals surface area contributed by atoms with Crippen LogP contribution in [0.15, 0.2) is 24.3 Å². The first kappa shape index (κ1) is 52.7. The number of ether oxygens (including phenoxy) is 2. The van der Waals surface area contributed by atoms with Gasteiger partial charge in [0.25, 0.3) is 0 Å². The lowest BCUT2D eigenvalue weighted by atomic mass is 10.0. The maximum absolute atomic E-state index is 12.9. The van der Waals surface area contributed by atoms with Gasteiger partial charge in [-0.05, 0) is 44.9 Å². The maximum atomic E-state index is 12.9. The first-order valence-corrected chi connectivity index (χ1v) is 24.0. The van der Waals surface area contributed by atoms with Gasteiger partial charge in [-0.1, -0.05) is 192 Å². The zero-order valence-electron chi connectivity index (χ0n) is 36.5. The van der Waals surface area contributed by atoms with Crippen LogP contribution in [0.3, 0.4) is 0 Å². The van der Waals surface area contributed by atoms with Gasteiger partial charge in [-0.2, -0.15) is 0 Å². The molecule has 1 aliphatic rings. The molecule has 1 aliphatic heterocycles. The van der Waals surface area contributed by atoms with E-state index >= 15 is 0 Å².